The van der Waals surface area contributed by atoms with Gasteiger partial charge in [0.1, 0.15) is 16.2 Å². The summed E-state index contributed by atoms with van der Waals surface area (Å²) in [6, 6.07) is 0. The van der Waals surface area contributed by atoms with Crippen molar-refractivity contribution in [3.63, 3.8) is 0 Å². The van der Waals surface area contributed by atoms with Gasteiger partial charge in [-0.05, 0) is 44.6 Å². The number of nitrogens with zero attached hydrogens (tertiary/aromatic N) is 2. The highest BCUT2D eigenvalue weighted by atomic mass is 32.1. The molecule has 23 heavy (non-hydrogen) atoms. The van der Waals surface area contributed by atoms with Crippen molar-refractivity contribution in [3.05, 3.63) is 26.6 Å². The zero-order chi connectivity index (χ0) is 16.9. The molecule has 1 N–H and O–H groups in total. The molecule has 1 unspecified atom stereocenters. The largest absolute Gasteiger partial charge is 0.480 e. The first kappa shape index (κ1) is 16.2. The maximum atomic E-state index is 13.1. The highest BCUT2D eigenvalue weighted by molar-refractivity contribution is 7.18. The standard InChI is InChI=1S/C17H22N2O3S/c1-5-12-18-14-13(10-7-6-9(2)8-11(10)23-14)15(20)19(12)17(3,4)16(21)22/h9H,5-8H2,1-4H3,(H,21,22). The predicted octanol–water partition coefficient (Wildman–Crippen LogP) is 2.96. The van der Waals surface area contributed by atoms with E-state index in [1.165, 1.54) is 9.44 Å². The number of hydrogen-bond acceptors (Lipinski definition) is 4. The summed E-state index contributed by atoms with van der Waals surface area (Å²) in [4.78, 5) is 31.5. The summed E-state index contributed by atoms with van der Waals surface area (Å²) in [6.07, 6.45) is 3.46. The Labute approximate surface area is 139 Å². The minimum Gasteiger partial charge on any atom is -0.480 e. The molecule has 0 saturated carbocycles. The predicted molar refractivity (Wildman–Crippen MR) is 91.4 cm³/mol. The Morgan fingerprint density at radius 2 is 2.17 bits per heavy atom. The third kappa shape index (κ3) is 2.40. The van der Waals surface area contributed by atoms with Gasteiger partial charge in [0.05, 0.1) is 5.39 Å². The van der Waals surface area contributed by atoms with Crippen LogP contribution in [-0.4, -0.2) is 20.6 Å². The van der Waals surface area contributed by atoms with Gasteiger partial charge in [0, 0.05) is 11.3 Å². The van der Waals surface area contributed by atoms with Gasteiger partial charge in [-0.25, -0.2) is 9.78 Å². The molecule has 1 aliphatic rings. The molecular weight excluding hydrogens is 312 g/mol. The molecule has 0 bridgehead atoms. The van der Waals surface area contributed by atoms with Gasteiger partial charge in [-0.1, -0.05) is 13.8 Å². The number of thiophene rings is 1. The number of rotatable bonds is 3. The van der Waals surface area contributed by atoms with Crippen LogP contribution in [0.15, 0.2) is 4.79 Å². The number of aryl methyl sites for hydroxylation is 2. The van der Waals surface area contributed by atoms with Gasteiger partial charge in [-0.15, -0.1) is 11.3 Å². The number of carboxylic acid groups (broad SMARTS) is 1. The quantitative estimate of drug-likeness (QED) is 0.936. The Hall–Kier alpha value is -1.69. The zero-order valence-corrected chi connectivity index (χ0v) is 14.8. The number of aromatic nitrogens is 2. The number of hydrogen-bond donors (Lipinski definition) is 1. The second-order valence-corrected chi connectivity index (χ2v) is 8.00. The molecular formula is C17H22N2O3S. The van der Waals surface area contributed by atoms with Crippen LogP contribution in [-0.2, 0) is 29.6 Å². The van der Waals surface area contributed by atoms with E-state index >= 15 is 0 Å². The van der Waals surface area contributed by atoms with Gasteiger partial charge < -0.3 is 5.11 Å². The second-order valence-electron chi connectivity index (χ2n) is 6.92. The SMILES string of the molecule is CCc1nc2sc3c(c2c(=O)n1C(C)(C)C(=O)O)CCC(C)C3. The molecule has 6 heteroatoms. The first-order chi connectivity index (χ1) is 10.8. The number of carboxylic acids is 1. The lowest BCUT2D eigenvalue weighted by molar-refractivity contribution is -0.146. The molecule has 1 atom stereocenters. The third-order valence-electron chi connectivity index (χ3n) is 4.80. The Morgan fingerprint density at radius 1 is 1.48 bits per heavy atom. The van der Waals surface area contributed by atoms with Crippen molar-refractivity contribution in [3.8, 4) is 0 Å². The highest BCUT2D eigenvalue weighted by Gasteiger charge is 2.34. The van der Waals surface area contributed by atoms with E-state index in [9.17, 15) is 14.7 Å². The lowest BCUT2D eigenvalue weighted by Gasteiger charge is -2.25. The Kier molecular flexibility index (Phi) is 3.83. The Balaban J connectivity index is 2.36. The fourth-order valence-corrected chi connectivity index (χ4v) is 4.73. The molecule has 0 saturated heterocycles. The molecule has 2 aromatic rings. The molecule has 5 nitrogen and oxygen atoms in total. The summed E-state index contributed by atoms with van der Waals surface area (Å²) >= 11 is 1.60. The monoisotopic (exact) mass is 334 g/mol. The maximum absolute atomic E-state index is 13.1. The van der Waals surface area contributed by atoms with Gasteiger partial charge in [0.2, 0.25) is 0 Å². The van der Waals surface area contributed by atoms with E-state index in [1.807, 2.05) is 6.92 Å². The van der Waals surface area contributed by atoms with E-state index in [0.29, 0.717) is 23.5 Å². The number of carbonyl (C=O) groups is 1. The van der Waals surface area contributed by atoms with Crippen LogP contribution in [0.1, 0.15) is 50.4 Å². The van der Waals surface area contributed by atoms with Crippen LogP contribution in [0.4, 0.5) is 0 Å². The molecule has 124 valence electrons. The van der Waals surface area contributed by atoms with Crippen molar-refractivity contribution in [1.29, 1.82) is 0 Å². The normalized spacial score (nSPS) is 18.2. The van der Waals surface area contributed by atoms with Gasteiger partial charge in [0.25, 0.3) is 5.56 Å². The summed E-state index contributed by atoms with van der Waals surface area (Å²) in [5.74, 6) is 0.147. The average molecular weight is 334 g/mol. The van der Waals surface area contributed by atoms with Crippen LogP contribution in [0, 0.1) is 5.92 Å². The van der Waals surface area contributed by atoms with E-state index in [2.05, 4.69) is 11.9 Å². The molecule has 0 amide bonds. The molecule has 0 fully saturated rings. The van der Waals surface area contributed by atoms with Gasteiger partial charge >= 0.3 is 5.97 Å². The molecule has 2 heterocycles. The molecule has 1 aliphatic carbocycles. The van der Waals surface area contributed by atoms with Crippen molar-refractivity contribution >= 4 is 27.5 Å². The van der Waals surface area contributed by atoms with Crippen LogP contribution in [0.25, 0.3) is 10.2 Å². The van der Waals surface area contributed by atoms with Crippen molar-refractivity contribution in [2.24, 2.45) is 5.92 Å². The van der Waals surface area contributed by atoms with Crippen molar-refractivity contribution in [2.75, 3.05) is 0 Å². The van der Waals surface area contributed by atoms with E-state index in [0.717, 1.165) is 29.7 Å². The molecule has 0 aliphatic heterocycles. The fourth-order valence-electron chi connectivity index (χ4n) is 3.34. The van der Waals surface area contributed by atoms with Crippen molar-refractivity contribution in [1.82, 2.24) is 9.55 Å². The maximum Gasteiger partial charge on any atom is 0.329 e. The Morgan fingerprint density at radius 3 is 2.78 bits per heavy atom. The average Bonchev–Trinajstić information content (AvgIpc) is 2.83. The van der Waals surface area contributed by atoms with Gasteiger partial charge in [-0.2, -0.15) is 0 Å². The zero-order valence-electron chi connectivity index (χ0n) is 14.0. The third-order valence-corrected chi connectivity index (χ3v) is 5.95. The smallest absolute Gasteiger partial charge is 0.329 e. The molecule has 3 rings (SSSR count). The van der Waals surface area contributed by atoms with E-state index in [-0.39, 0.29) is 5.56 Å². The van der Waals surface area contributed by atoms with E-state index in [4.69, 9.17) is 0 Å². The first-order valence-electron chi connectivity index (χ1n) is 8.07. The van der Waals surface area contributed by atoms with Crippen LogP contribution < -0.4 is 5.56 Å². The number of fused-ring (bicyclic) bond motifs is 3. The molecule has 2 aromatic heterocycles. The summed E-state index contributed by atoms with van der Waals surface area (Å²) in [5, 5.41) is 10.2. The first-order valence-corrected chi connectivity index (χ1v) is 8.89. The second kappa shape index (κ2) is 5.44. The van der Waals surface area contributed by atoms with Crippen molar-refractivity contribution in [2.45, 2.75) is 58.9 Å². The lowest BCUT2D eigenvalue weighted by Crippen LogP contribution is -2.44. The van der Waals surface area contributed by atoms with Crippen LogP contribution >= 0.6 is 11.3 Å². The van der Waals surface area contributed by atoms with E-state index < -0.39 is 11.5 Å². The van der Waals surface area contributed by atoms with E-state index in [1.54, 1.807) is 25.2 Å². The Bertz CT molecular complexity index is 848. The minimum atomic E-state index is -1.31. The summed E-state index contributed by atoms with van der Waals surface area (Å²) in [5.41, 5.74) is -0.412. The summed E-state index contributed by atoms with van der Waals surface area (Å²) in [6.45, 7) is 7.25. The van der Waals surface area contributed by atoms with Gasteiger partial charge in [-0.3, -0.25) is 9.36 Å². The van der Waals surface area contributed by atoms with Crippen LogP contribution in [0.2, 0.25) is 0 Å². The summed E-state index contributed by atoms with van der Waals surface area (Å²) in [7, 11) is 0. The topological polar surface area (TPSA) is 72.2 Å². The van der Waals surface area contributed by atoms with Gasteiger partial charge in [0.15, 0.2) is 0 Å². The fraction of sp³-hybridized carbons (Fsp3) is 0.588. The van der Waals surface area contributed by atoms with Crippen LogP contribution in [0.5, 0.6) is 0 Å². The van der Waals surface area contributed by atoms with Crippen molar-refractivity contribution < 1.29 is 9.90 Å². The molecule has 0 spiro atoms. The highest BCUT2D eigenvalue weighted by Crippen LogP contribution is 2.36. The molecule has 0 radical (unpaired) electrons. The molecule has 0 aromatic carbocycles. The minimum absolute atomic E-state index is 0.202. The lowest BCUT2D eigenvalue weighted by atomic mass is 9.89. The van der Waals surface area contributed by atoms with Crippen LogP contribution in [0.3, 0.4) is 0 Å². The summed E-state index contributed by atoms with van der Waals surface area (Å²) < 4.78 is 1.38. The number of aliphatic carboxylic acids is 1.